The second-order valence-corrected chi connectivity index (χ2v) is 7.11. The van der Waals surface area contributed by atoms with Crippen LogP contribution in [0.4, 0.5) is 13.2 Å². The van der Waals surface area contributed by atoms with Crippen molar-refractivity contribution in [2.45, 2.75) is 31.7 Å². The van der Waals surface area contributed by atoms with Crippen LogP contribution in [-0.4, -0.2) is 33.9 Å². The van der Waals surface area contributed by atoms with E-state index in [9.17, 15) is 13.2 Å². The molecule has 1 saturated heterocycles. The lowest BCUT2D eigenvalue weighted by atomic mass is 9.86. The highest BCUT2D eigenvalue weighted by molar-refractivity contribution is 5.25. The molecule has 1 aromatic heterocycles. The standard InChI is InChI=1S/C18H21F3N4O/c1-24-6-11-7-25(8-17(11)23-24)12-2-10(5-22)18(26-9-12)13-3-15(20)16(21)4-14(13)19/h3-4,6,10,12,18H,2,5,7-9,22H2,1H3. The van der Waals surface area contributed by atoms with Crippen LogP contribution in [0.1, 0.15) is 29.3 Å². The number of hydrogen-bond donors (Lipinski definition) is 1. The third-order valence-corrected chi connectivity index (χ3v) is 5.35. The van der Waals surface area contributed by atoms with Gasteiger partial charge < -0.3 is 10.5 Å². The average molecular weight is 366 g/mol. The number of ether oxygens (including phenoxy) is 1. The zero-order chi connectivity index (χ0) is 18.4. The smallest absolute Gasteiger partial charge is 0.161 e. The summed E-state index contributed by atoms with van der Waals surface area (Å²) in [4.78, 5) is 2.28. The highest BCUT2D eigenvalue weighted by Crippen LogP contribution is 2.38. The molecular formula is C18H21F3N4O. The molecule has 3 atom stereocenters. The van der Waals surface area contributed by atoms with Gasteiger partial charge in [-0.3, -0.25) is 9.58 Å². The van der Waals surface area contributed by atoms with Gasteiger partial charge in [-0.2, -0.15) is 5.10 Å². The minimum Gasteiger partial charge on any atom is -0.371 e. The number of aromatic nitrogens is 2. The van der Waals surface area contributed by atoms with E-state index < -0.39 is 23.6 Å². The van der Waals surface area contributed by atoms with Crippen molar-refractivity contribution in [3.05, 3.63) is 52.6 Å². The summed E-state index contributed by atoms with van der Waals surface area (Å²) in [6.07, 6.45) is 2.05. The van der Waals surface area contributed by atoms with Gasteiger partial charge in [0.2, 0.25) is 0 Å². The van der Waals surface area contributed by atoms with Gasteiger partial charge in [0, 0.05) is 55.5 Å². The van der Waals surface area contributed by atoms with Crippen molar-refractivity contribution in [3.63, 3.8) is 0 Å². The Bertz CT molecular complexity index is 802. The van der Waals surface area contributed by atoms with Gasteiger partial charge in [0.1, 0.15) is 5.82 Å². The lowest BCUT2D eigenvalue weighted by Crippen LogP contribution is -2.44. The van der Waals surface area contributed by atoms with E-state index in [4.69, 9.17) is 10.5 Å². The van der Waals surface area contributed by atoms with Gasteiger partial charge in [-0.1, -0.05) is 0 Å². The Morgan fingerprint density at radius 1 is 1.19 bits per heavy atom. The van der Waals surface area contributed by atoms with Crippen LogP contribution >= 0.6 is 0 Å². The fourth-order valence-corrected chi connectivity index (χ4v) is 4.04. The van der Waals surface area contributed by atoms with E-state index in [1.165, 1.54) is 5.56 Å². The average Bonchev–Trinajstić information content (AvgIpc) is 3.15. The van der Waals surface area contributed by atoms with Crippen LogP contribution < -0.4 is 5.73 Å². The second kappa shape index (κ2) is 6.68. The monoisotopic (exact) mass is 366 g/mol. The summed E-state index contributed by atoms with van der Waals surface area (Å²) in [6.45, 7) is 2.19. The highest BCUT2D eigenvalue weighted by Gasteiger charge is 2.38. The number of nitrogens with zero attached hydrogens (tertiary/aromatic N) is 3. The van der Waals surface area contributed by atoms with Gasteiger partial charge >= 0.3 is 0 Å². The molecule has 0 saturated carbocycles. The van der Waals surface area contributed by atoms with E-state index in [-0.39, 0.29) is 24.1 Å². The molecule has 4 rings (SSSR count). The van der Waals surface area contributed by atoms with Crippen molar-refractivity contribution in [2.24, 2.45) is 18.7 Å². The van der Waals surface area contributed by atoms with Crippen molar-refractivity contribution in [1.29, 1.82) is 0 Å². The van der Waals surface area contributed by atoms with Gasteiger partial charge in [0.05, 0.1) is 18.4 Å². The van der Waals surface area contributed by atoms with Crippen LogP contribution in [-0.2, 0) is 24.9 Å². The molecule has 2 aliphatic heterocycles. The molecule has 0 bridgehead atoms. The van der Waals surface area contributed by atoms with Crippen LogP contribution in [0.5, 0.6) is 0 Å². The fraction of sp³-hybridized carbons (Fsp3) is 0.500. The molecule has 3 unspecified atom stereocenters. The number of rotatable bonds is 3. The summed E-state index contributed by atoms with van der Waals surface area (Å²) in [5, 5.41) is 4.45. The molecule has 3 heterocycles. The first-order valence-corrected chi connectivity index (χ1v) is 8.67. The van der Waals surface area contributed by atoms with Crippen molar-refractivity contribution in [3.8, 4) is 0 Å². The van der Waals surface area contributed by atoms with Gasteiger partial charge in [-0.25, -0.2) is 13.2 Å². The minimum absolute atomic E-state index is 0.0322. The normalized spacial score (nSPS) is 26.3. The molecule has 0 amide bonds. The first-order valence-electron chi connectivity index (χ1n) is 8.67. The largest absolute Gasteiger partial charge is 0.371 e. The summed E-state index contributed by atoms with van der Waals surface area (Å²) in [7, 11) is 1.90. The summed E-state index contributed by atoms with van der Waals surface area (Å²) in [6, 6.07) is 1.58. The molecule has 0 aliphatic carbocycles. The predicted molar refractivity (Wildman–Crippen MR) is 88.4 cm³/mol. The number of nitrogens with two attached hydrogens (primary N) is 1. The molecule has 5 nitrogen and oxygen atoms in total. The van der Waals surface area contributed by atoms with E-state index in [1.54, 1.807) is 0 Å². The Labute approximate surface area is 149 Å². The van der Waals surface area contributed by atoms with Crippen molar-refractivity contribution in [2.75, 3.05) is 13.2 Å². The maximum absolute atomic E-state index is 14.1. The first-order chi connectivity index (χ1) is 12.5. The third-order valence-electron chi connectivity index (χ3n) is 5.35. The number of aryl methyl sites for hydroxylation is 1. The van der Waals surface area contributed by atoms with E-state index in [2.05, 4.69) is 10.00 Å². The molecule has 26 heavy (non-hydrogen) atoms. The Kier molecular flexibility index (Phi) is 4.50. The zero-order valence-electron chi connectivity index (χ0n) is 14.5. The third kappa shape index (κ3) is 3.02. The van der Waals surface area contributed by atoms with Gasteiger partial charge in [-0.15, -0.1) is 0 Å². The van der Waals surface area contributed by atoms with Crippen LogP contribution in [0, 0.1) is 23.4 Å². The minimum atomic E-state index is -1.20. The zero-order valence-corrected chi connectivity index (χ0v) is 14.5. The van der Waals surface area contributed by atoms with Gasteiger partial charge in [-0.05, 0) is 19.0 Å². The molecule has 2 N–H and O–H groups in total. The predicted octanol–water partition coefficient (Wildman–Crippen LogP) is 2.26. The Balaban J connectivity index is 1.49. The van der Waals surface area contributed by atoms with Crippen LogP contribution in [0.15, 0.2) is 18.3 Å². The summed E-state index contributed by atoms with van der Waals surface area (Å²) in [5.74, 6) is -3.26. The summed E-state index contributed by atoms with van der Waals surface area (Å²) < 4.78 is 48.6. The van der Waals surface area contributed by atoms with Crippen molar-refractivity contribution >= 4 is 0 Å². The molecule has 0 radical (unpaired) electrons. The Morgan fingerprint density at radius 2 is 1.96 bits per heavy atom. The van der Waals surface area contributed by atoms with Gasteiger partial charge in [0.25, 0.3) is 0 Å². The summed E-state index contributed by atoms with van der Waals surface area (Å²) in [5.41, 5.74) is 8.18. The summed E-state index contributed by atoms with van der Waals surface area (Å²) >= 11 is 0. The first kappa shape index (κ1) is 17.5. The number of halogens is 3. The quantitative estimate of drug-likeness (QED) is 0.847. The van der Waals surface area contributed by atoms with Crippen LogP contribution in [0.3, 0.4) is 0 Å². The van der Waals surface area contributed by atoms with Crippen LogP contribution in [0.2, 0.25) is 0 Å². The molecular weight excluding hydrogens is 345 g/mol. The number of benzene rings is 1. The van der Waals surface area contributed by atoms with E-state index in [0.29, 0.717) is 19.1 Å². The van der Waals surface area contributed by atoms with E-state index in [1.807, 2.05) is 17.9 Å². The van der Waals surface area contributed by atoms with Crippen molar-refractivity contribution < 1.29 is 17.9 Å². The number of hydrogen-bond acceptors (Lipinski definition) is 4. The second-order valence-electron chi connectivity index (χ2n) is 7.11. The van der Waals surface area contributed by atoms with Crippen LogP contribution in [0.25, 0.3) is 0 Å². The van der Waals surface area contributed by atoms with Gasteiger partial charge in [0.15, 0.2) is 11.6 Å². The highest BCUT2D eigenvalue weighted by atomic mass is 19.2. The topological polar surface area (TPSA) is 56.3 Å². The van der Waals surface area contributed by atoms with Crippen molar-refractivity contribution in [1.82, 2.24) is 14.7 Å². The maximum Gasteiger partial charge on any atom is 0.161 e. The molecule has 2 aliphatic rings. The molecule has 2 aromatic rings. The van der Waals surface area contributed by atoms with E-state index >= 15 is 0 Å². The Hall–Kier alpha value is -1.90. The lowest BCUT2D eigenvalue weighted by Gasteiger charge is -2.39. The fourth-order valence-electron chi connectivity index (χ4n) is 4.04. The SMILES string of the molecule is Cn1cc2c(n1)CN(C1COC(c3cc(F)c(F)cc3F)C(CN)C1)C2. The Morgan fingerprint density at radius 3 is 2.69 bits per heavy atom. The molecule has 0 spiro atoms. The molecule has 1 fully saturated rings. The molecule has 8 heteroatoms. The molecule has 1 aromatic carbocycles. The van der Waals surface area contributed by atoms with E-state index in [0.717, 1.165) is 24.8 Å². The number of fused-ring (bicyclic) bond motifs is 1. The molecule has 140 valence electrons. The maximum atomic E-state index is 14.1. The lowest BCUT2D eigenvalue weighted by molar-refractivity contribution is -0.0748.